The molecule has 134 valence electrons. The van der Waals surface area contributed by atoms with Crippen LogP contribution in [0.3, 0.4) is 0 Å². The first-order valence-electron chi connectivity index (χ1n) is 8.68. The number of hydrogen-bond acceptors (Lipinski definition) is 5. The van der Waals surface area contributed by atoms with E-state index in [0.717, 1.165) is 24.4 Å². The van der Waals surface area contributed by atoms with Crippen LogP contribution in [0.25, 0.3) is 6.08 Å². The molecular formula is C19H26N4O2. The van der Waals surface area contributed by atoms with Crippen molar-refractivity contribution in [2.24, 2.45) is 0 Å². The average molecular weight is 342 g/mol. The normalized spacial score (nSPS) is 21.5. The Kier molecular flexibility index (Phi) is 5.20. The molecule has 0 aliphatic carbocycles. The highest BCUT2D eigenvalue weighted by molar-refractivity contribution is 5.57. The molecule has 1 N–H and O–H groups in total. The van der Waals surface area contributed by atoms with Crippen LogP contribution in [-0.4, -0.2) is 51.7 Å². The number of benzene rings is 1. The van der Waals surface area contributed by atoms with Crippen LogP contribution in [0.1, 0.15) is 37.6 Å². The molecule has 3 rings (SSSR count). The summed E-state index contributed by atoms with van der Waals surface area (Å²) in [5.41, 5.74) is 0.808. The first-order valence-corrected chi connectivity index (χ1v) is 8.68. The lowest BCUT2D eigenvalue weighted by Gasteiger charge is -2.20. The van der Waals surface area contributed by atoms with Crippen LogP contribution in [0.15, 0.2) is 36.5 Å². The van der Waals surface area contributed by atoms with Crippen molar-refractivity contribution >= 4 is 6.08 Å². The van der Waals surface area contributed by atoms with Gasteiger partial charge in [0, 0.05) is 31.2 Å². The lowest BCUT2D eigenvalue weighted by atomic mass is 10.00. The molecule has 25 heavy (non-hydrogen) atoms. The minimum Gasteiger partial charge on any atom is -0.496 e. The molecule has 0 radical (unpaired) electrons. The number of aliphatic hydroxyl groups is 1. The third-order valence-electron chi connectivity index (χ3n) is 4.64. The second-order valence-corrected chi connectivity index (χ2v) is 6.84. The molecule has 0 bridgehead atoms. The van der Waals surface area contributed by atoms with E-state index in [1.165, 1.54) is 0 Å². The van der Waals surface area contributed by atoms with E-state index < -0.39 is 5.60 Å². The summed E-state index contributed by atoms with van der Waals surface area (Å²) in [5.74, 6) is 0.863. The number of aromatic nitrogens is 3. The van der Waals surface area contributed by atoms with Gasteiger partial charge in [-0.05, 0) is 26.3 Å². The van der Waals surface area contributed by atoms with Crippen molar-refractivity contribution in [2.75, 3.05) is 26.7 Å². The van der Waals surface area contributed by atoms with Crippen LogP contribution >= 0.6 is 0 Å². The summed E-state index contributed by atoms with van der Waals surface area (Å²) in [6.07, 6.45) is 6.70. The summed E-state index contributed by atoms with van der Waals surface area (Å²) in [5, 5.41) is 19.2. The number of hydrogen-bond donors (Lipinski definition) is 1. The zero-order valence-corrected chi connectivity index (χ0v) is 15.1. The van der Waals surface area contributed by atoms with E-state index in [1.807, 2.05) is 44.3 Å². The van der Waals surface area contributed by atoms with E-state index in [-0.39, 0.29) is 6.04 Å². The number of para-hydroxylation sites is 1. The first-order chi connectivity index (χ1) is 12.0. The van der Waals surface area contributed by atoms with E-state index >= 15 is 0 Å². The van der Waals surface area contributed by atoms with Crippen LogP contribution in [-0.2, 0) is 5.60 Å². The summed E-state index contributed by atoms with van der Waals surface area (Å²) in [6.45, 7) is 6.28. The Morgan fingerprint density at radius 2 is 2.16 bits per heavy atom. The molecule has 6 heteroatoms. The van der Waals surface area contributed by atoms with E-state index in [9.17, 15) is 5.11 Å². The number of β-amino-alcohol motifs (C(OH)–C–C–N with tert-alkyl or cyclic N) is 1. The Labute approximate surface area is 148 Å². The topological polar surface area (TPSA) is 63.4 Å². The van der Waals surface area contributed by atoms with Gasteiger partial charge in [0.15, 0.2) is 0 Å². The summed E-state index contributed by atoms with van der Waals surface area (Å²) in [6, 6.07) is 8.17. The van der Waals surface area contributed by atoms with E-state index in [4.69, 9.17) is 4.74 Å². The van der Waals surface area contributed by atoms with Gasteiger partial charge in [0.1, 0.15) is 17.0 Å². The number of nitrogens with zero attached hydrogens (tertiary/aromatic N) is 4. The minimum atomic E-state index is -0.911. The molecular weight excluding hydrogens is 316 g/mol. The second-order valence-electron chi connectivity index (χ2n) is 6.84. The predicted molar refractivity (Wildman–Crippen MR) is 97.4 cm³/mol. The van der Waals surface area contributed by atoms with Gasteiger partial charge in [-0.15, -0.1) is 5.10 Å². The van der Waals surface area contributed by atoms with Crippen molar-refractivity contribution in [2.45, 2.75) is 31.9 Å². The highest BCUT2D eigenvalue weighted by atomic mass is 16.5. The van der Waals surface area contributed by atoms with Gasteiger partial charge in [0.2, 0.25) is 0 Å². The number of likely N-dealkylation sites (tertiary alicyclic amines) is 1. The van der Waals surface area contributed by atoms with E-state index in [2.05, 4.69) is 27.4 Å². The molecule has 1 unspecified atom stereocenters. The molecule has 2 aromatic rings. The van der Waals surface area contributed by atoms with Crippen molar-refractivity contribution in [3.05, 3.63) is 47.8 Å². The standard InChI is InChI=1S/C19H26N4O2/c1-15(2)23-13-18(20-21-23)19(24)10-12-22(14-19)11-6-8-16-7-4-5-9-17(16)25-3/h4-9,13,15,24H,10-12,14H2,1-3H3/b8-6+. The van der Waals surface area contributed by atoms with E-state index in [0.29, 0.717) is 18.7 Å². The maximum atomic E-state index is 10.9. The first kappa shape index (κ1) is 17.6. The molecule has 0 saturated carbocycles. The van der Waals surface area contributed by atoms with Gasteiger partial charge in [0.05, 0.1) is 13.3 Å². The van der Waals surface area contributed by atoms with Crippen LogP contribution in [0.5, 0.6) is 5.75 Å². The highest BCUT2D eigenvalue weighted by Gasteiger charge is 2.39. The zero-order chi connectivity index (χ0) is 17.9. The van der Waals surface area contributed by atoms with Gasteiger partial charge in [-0.1, -0.05) is 35.6 Å². The largest absolute Gasteiger partial charge is 0.496 e. The zero-order valence-electron chi connectivity index (χ0n) is 15.1. The number of rotatable bonds is 6. The van der Waals surface area contributed by atoms with Crippen LogP contribution < -0.4 is 4.74 Å². The second kappa shape index (κ2) is 7.37. The fraction of sp³-hybridized carbons (Fsp3) is 0.474. The fourth-order valence-electron chi connectivity index (χ4n) is 3.11. The van der Waals surface area contributed by atoms with Gasteiger partial charge < -0.3 is 9.84 Å². The minimum absolute atomic E-state index is 0.242. The monoisotopic (exact) mass is 342 g/mol. The summed E-state index contributed by atoms with van der Waals surface area (Å²) < 4.78 is 7.15. The molecule has 1 aromatic heterocycles. The lowest BCUT2D eigenvalue weighted by Crippen LogP contribution is -2.31. The van der Waals surface area contributed by atoms with Crippen molar-refractivity contribution in [1.29, 1.82) is 0 Å². The Morgan fingerprint density at radius 3 is 2.88 bits per heavy atom. The molecule has 6 nitrogen and oxygen atoms in total. The molecule has 1 aliphatic heterocycles. The SMILES string of the molecule is COc1ccccc1/C=C/CN1CCC(O)(c2cn(C(C)C)nn2)C1. The summed E-state index contributed by atoms with van der Waals surface area (Å²) >= 11 is 0. The molecule has 1 fully saturated rings. The Hall–Kier alpha value is -2.18. The molecule has 0 amide bonds. The summed E-state index contributed by atoms with van der Waals surface area (Å²) in [7, 11) is 1.68. The van der Waals surface area contributed by atoms with Gasteiger partial charge in [-0.25, -0.2) is 4.68 Å². The molecule has 2 heterocycles. The quantitative estimate of drug-likeness (QED) is 0.874. The van der Waals surface area contributed by atoms with Crippen molar-refractivity contribution in [3.8, 4) is 5.75 Å². The predicted octanol–water partition coefficient (Wildman–Crippen LogP) is 2.47. The average Bonchev–Trinajstić information content (AvgIpc) is 3.24. The fourth-order valence-corrected chi connectivity index (χ4v) is 3.11. The molecule has 1 aromatic carbocycles. The van der Waals surface area contributed by atoms with Crippen LogP contribution in [0, 0.1) is 0 Å². The maximum Gasteiger partial charge on any atom is 0.126 e. The molecule has 1 atom stereocenters. The number of methoxy groups -OCH3 is 1. The van der Waals surface area contributed by atoms with Gasteiger partial charge in [0.25, 0.3) is 0 Å². The third kappa shape index (κ3) is 3.91. The van der Waals surface area contributed by atoms with Gasteiger partial charge in [-0.2, -0.15) is 0 Å². The lowest BCUT2D eigenvalue weighted by molar-refractivity contribution is 0.0429. The summed E-state index contributed by atoms with van der Waals surface area (Å²) in [4.78, 5) is 2.22. The Bertz CT molecular complexity index is 741. The van der Waals surface area contributed by atoms with Crippen molar-refractivity contribution < 1.29 is 9.84 Å². The third-order valence-corrected chi connectivity index (χ3v) is 4.64. The Morgan fingerprint density at radius 1 is 1.36 bits per heavy atom. The molecule has 0 spiro atoms. The maximum absolute atomic E-state index is 10.9. The van der Waals surface area contributed by atoms with Crippen LogP contribution in [0.4, 0.5) is 0 Å². The van der Waals surface area contributed by atoms with Crippen molar-refractivity contribution in [3.63, 3.8) is 0 Å². The van der Waals surface area contributed by atoms with Gasteiger partial charge >= 0.3 is 0 Å². The Balaban J connectivity index is 1.61. The van der Waals surface area contributed by atoms with E-state index in [1.54, 1.807) is 11.8 Å². The smallest absolute Gasteiger partial charge is 0.126 e. The van der Waals surface area contributed by atoms with Crippen molar-refractivity contribution in [1.82, 2.24) is 19.9 Å². The van der Waals surface area contributed by atoms with Crippen LogP contribution in [0.2, 0.25) is 0 Å². The molecule has 1 aliphatic rings. The number of ether oxygens (including phenoxy) is 1. The van der Waals surface area contributed by atoms with Gasteiger partial charge in [-0.3, -0.25) is 4.90 Å². The molecule has 1 saturated heterocycles. The highest BCUT2D eigenvalue weighted by Crippen LogP contribution is 2.30.